The molecule has 0 amide bonds. The molecule has 0 aromatic heterocycles. The SMILES string of the molecule is CCCCOCCC(CNC)c1cccc(Br)c1. The average molecular weight is 314 g/mol. The highest BCUT2D eigenvalue weighted by atomic mass is 79.9. The molecule has 1 N–H and O–H groups in total. The second kappa shape index (κ2) is 9.54. The van der Waals surface area contributed by atoms with Gasteiger partial charge in [-0.1, -0.05) is 41.4 Å². The summed E-state index contributed by atoms with van der Waals surface area (Å²) in [5.41, 5.74) is 1.37. The minimum absolute atomic E-state index is 0.522. The van der Waals surface area contributed by atoms with Gasteiger partial charge in [-0.2, -0.15) is 0 Å². The van der Waals surface area contributed by atoms with E-state index in [4.69, 9.17) is 4.74 Å². The Balaban J connectivity index is 2.44. The van der Waals surface area contributed by atoms with E-state index in [1.807, 2.05) is 7.05 Å². The van der Waals surface area contributed by atoms with Crippen LogP contribution < -0.4 is 5.32 Å². The van der Waals surface area contributed by atoms with Crippen molar-refractivity contribution in [2.24, 2.45) is 0 Å². The van der Waals surface area contributed by atoms with Gasteiger partial charge in [0.05, 0.1) is 0 Å². The van der Waals surface area contributed by atoms with Crippen LogP contribution in [0.3, 0.4) is 0 Å². The predicted octanol–water partition coefficient (Wildman–Crippen LogP) is 3.96. The molecule has 0 spiro atoms. The number of rotatable bonds is 9. The summed E-state index contributed by atoms with van der Waals surface area (Å²) >= 11 is 3.53. The molecule has 3 heteroatoms. The van der Waals surface area contributed by atoms with Gasteiger partial charge in [-0.15, -0.1) is 0 Å². The molecule has 1 unspecified atom stereocenters. The number of unbranched alkanes of at least 4 members (excludes halogenated alkanes) is 1. The monoisotopic (exact) mass is 313 g/mol. The van der Waals surface area contributed by atoms with E-state index in [9.17, 15) is 0 Å². The molecule has 18 heavy (non-hydrogen) atoms. The molecule has 0 aliphatic carbocycles. The van der Waals surface area contributed by atoms with Gasteiger partial charge in [0, 0.05) is 24.2 Å². The Kier molecular flexibility index (Phi) is 8.31. The fraction of sp³-hybridized carbons (Fsp3) is 0.600. The Hall–Kier alpha value is -0.380. The second-order valence-corrected chi connectivity index (χ2v) is 5.48. The van der Waals surface area contributed by atoms with Crippen molar-refractivity contribution in [2.75, 3.05) is 26.8 Å². The van der Waals surface area contributed by atoms with E-state index in [1.54, 1.807) is 0 Å². The van der Waals surface area contributed by atoms with E-state index in [2.05, 4.69) is 52.4 Å². The van der Waals surface area contributed by atoms with Gasteiger partial charge in [-0.25, -0.2) is 0 Å². The molecule has 0 aliphatic heterocycles. The Morgan fingerprint density at radius 3 is 2.83 bits per heavy atom. The molecule has 1 aromatic rings. The topological polar surface area (TPSA) is 21.3 Å². The third-order valence-electron chi connectivity index (χ3n) is 3.02. The van der Waals surface area contributed by atoms with Crippen molar-refractivity contribution >= 4 is 15.9 Å². The van der Waals surface area contributed by atoms with Gasteiger partial charge in [0.1, 0.15) is 0 Å². The van der Waals surface area contributed by atoms with Crippen molar-refractivity contribution in [3.63, 3.8) is 0 Å². The molecule has 102 valence electrons. The van der Waals surface area contributed by atoms with Crippen LogP contribution in [0, 0.1) is 0 Å². The third kappa shape index (κ3) is 5.98. The fourth-order valence-electron chi connectivity index (χ4n) is 1.97. The summed E-state index contributed by atoms with van der Waals surface area (Å²) in [6.07, 6.45) is 3.43. The van der Waals surface area contributed by atoms with Crippen LogP contribution in [0.5, 0.6) is 0 Å². The van der Waals surface area contributed by atoms with Crippen molar-refractivity contribution in [2.45, 2.75) is 32.1 Å². The van der Waals surface area contributed by atoms with Crippen molar-refractivity contribution < 1.29 is 4.74 Å². The van der Waals surface area contributed by atoms with Crippen molar-refractivity contribution in [3.8, 4) is 0 Å². The number of halogens is 1. The first-order valence-electron chi connectivity index (χ1n) is 6.75. The highest BCUT2D eigenvalue weighted by molar-refractivity contribution is 9.10. The standard InChI is InChI=1S/C15H24BrNO/c1-3-4-9-18-10-8-14(12-17-2)13-6-5-7-15(16)11-13/h5-7,11,14,17H,3-4,8-10,12H2,1-2H3. The van der Waals surface area contributed by atoms with Gasteiger partial charge in [0.25, 0.3) is 0 Å². The van der Waals surface area contributed by atoms with Crippen molar-refractivity contribution in [1.29, 1.82) is 0 Å². The van der Waals surface area contributed by atoms with E-state index in [1.165, 1.54) is 12.0 Å². The first kappa shape index (κ1) is 15.7. The Morgan fingerprint density at radius 2 is 2.17 bits per heavy atom. The molecule has 0 fully saturated rings. The second-order valence-electron chi connectivity index (χ2n) is 4.56. The minimum Gasteiger partial charge on any atom is -0.381 e. The van der Waals surface area contributed by atoms with Crippen LogP contribution in [0.15, 0.2) is 28.7 Å². The summed E-state index contributed by atoms with van der Waals surface area (Å²) in [5.74, 6) is 0.522. The zero-order valence-electron chi connectivity index (χ0n) is 11.4. The highest BCUT2D eigenvalue weighted by Crippen LogP contribution is 2.22. The van der Waals surface area contributed by atoms with Gasteiger partial charge in [-0.3, -0.25) is 0 Å². The van der Waals surface area contributed by atoms with Crippen LogP contribution in [-0.2, 0) is 4.74 Å². The summed E-state index contributed by atoms with van der Waals surface area (Å²) < 4.78 is 6.81. The molecule has 0 aliphatic rings. The number of benzene rings is 1. The quantitative estimate of drug-likeness (QED) is 0.697. The maximum Gasteiger partial charge on any atom is 0.0472 e. The molecular weight excluding hydrogens is 290 g/mol. The summed E-state index contributed by atoms with van der Waals surface area (Å²) in [6.45, 7) is 4.92. The molecule has 0 saturated heterocycles. The van der Waals surface area contributed by atoms with Crippen LogP contribution in [-0.4, -0.2) is 26.8 Å². The molecule has 0 bridgehead atoms. The highest BCUT2D eigenvalue weighted by Gasteiger charge is 2.10. The number of likely N-dealkylation sites (N-methyl/N-ethyl adjacent to an activating group) is 1. The Morgan fingerprint density at radius 1 is 1.33 bits per heavy atom. The summed E-state index contributed by atoms with van der Waals surface area (Å²) in [7, 11) is 2.00. The summed E-state index contributed by atoms with van der Waals surface area (Å²) in [6, 6.07) is 8.56. The maximum absolute atomic E-state index is 5.66. The molecule has 2 nitrogen and oxygen atoms in total. The lowest BCUT2D eigenvalue weighted by atomic mass is 9.96. The lowest BCUT2D eigenvalue weighted by Crippen LogP contribution is -2.19. The Labute approximate surface area is 119 Å². The first-order valence-corrected chi connectivity index (χ1v) is 7.55. The number of hydrogen-bond acceptors (Lipinski definition) is 2. The third-order valence-corrected chi connectivity index (χ3v) is 3.52. The van der Waals surface area contributed by atoms with E-state index in [0.717, 1.165) is 37.1 Å². The van der Waals surface area contributed by atoms with E-state index in [0.29, 0.717) is 5.92 Å². The maximum atomic E-state index is 5.66. The number of nitrogens with one attached hydrogen (secondary N) is 1. The van der Waals surface area contributed by atoms with Gasteiger partial charge < -0.3 is 10.1 Å². The lowest BCUT2D eigenvalue weighted by Gasteiger charge is -2.17. The van der Waals surface area contributed by atoms with Crippen molar-refractivity contribution in [1.82, 2.24) is 5.32 Å². The summed E-state index contributed by atoms with van der Waals surface area (Å²) in [5, 5.41) is 3.27. The number of ether oxygens (including phenoxy) is 1. The normalized spacial score (nSPS) is 12.6. The van der Waals surface area contributed by atoms with E-state index in [-0.39, 0.29) is 0 Å². The molecule has 0 heterocycles. The van der Waals surface area contributed by atoms with E-state index >= 15 is 0 Å². The molecular formula is C15H24BrNO. The van der Waals surface area contributed by atoms with Crippen LogP contribution in [0.25, 0.3) is 0 Å². The van der Waals surface area contributed by atoms with E-state index < -0.39 is 0 Å². The van der Waals surface area contributed by atoms with Crippen molar-refractivity contribution in [3.05, 3.63) is 34.3 Å². The van der Waals surface area contributed by atoms with Gasteiger partial charge in [-0.05, 0) is 43.5 Å². The average Bonchev–Trinajstić information content (AvgIpc) is 2.37. The largest absolute Gasteiger partial charge is 0.381 e. The summed E-state index contributed by atoms with van der Waals surface area (Å²) in [4.78, 5) is 0. The minimum atomic E-state index is 0.522. The molecule has 0 saturated carbocycles. The van der Waals surface area contributed by atoms with Crippen LogP contribution in [0.2, 0.25) is 0 Å². The van der Waals surface area contributed by atoms with Crippen LogP contribution in [0.1, 0.15) is 37.7 Å². The lowest BCUT2D eigenvalue weighted by molar-refractivity contribution is 0.124. The predicted molar refractivity (Wildman–Crippen MR) is 81.2 cm³/mol. The molecule has 0 radical (unpaired) electrons. The zero-order valence-corrected chi connectivity index (χ0v) is 13.0. The van der Waals surface area contributed by atoms with Gasteiger partial charge in [0.15, 0.2) is 0 Å². The number of hydrogen-bond donors (Lipinski definition) is 1. The van der Waals surface area contributed by atoms with Crippen LogP contribution >= 0.6 is 15.9 Å². The Bertz CT molecular complexity index is 330. The first-order chi connectivity index (χ1) is 8.77. The molecule has 1 atom stereocenters. The smallest absolute Gasteiger partial charge is 0.0472 e. The van der Waals surface area contributed by atoms with Gasteiger partial charge >= 0.3 is 0 Å². The zero-order chi connectivity index (χ0) is 13.2. The fourth-order valence-corrected chi connectivity index (χ4v) is 2.38. The van der Waals surface area contributed by atoms with Gasteiger partial charge in [0.2, 0.25) is 0 Å². The molecule has 1 rings (SSSR count). The molecule has 1 aromatic carbocycles. The van der Waals surface area contributed by atoms with Crippen LogP contribution in [0.4, 0.5) is 0 Å².